The van der Waals surface area contributed by atoms with E-state index in [-0.39, 0.29) is 0 Å². The third kappa shape index (κ3) is 4.80. The third-order valence-electron chi connectivity index (χ3n) is 5.45. The number of nitrogens with one attached hydrogen (secondary N) is 3. The van der Waals surface area contributed by atoms with Crippen LogP contribution in [0.2, 0.25) is 0 Å². The van der Waals surface area contributed by atoms with Gasteiger partial charge in [-0.3, -0.25) is 4.98 Å². The van der Waals surface area contributed by atoms with Gasteiger partial charge in [-0.05, 0) is 47.9 Å². The van der Waals surface area contributed by atoms with Gasteiger partial charge in [0.2, 0.25) is 5.82 Å². The van der Waals surface area contributed by atoms with Crippen LogP contribution in [0, 0.1) is 6.92 Å². The fraction of sp³-hybridized carbons (Fsp3) is 0.125. The summed E-state index contributed by atoms with van der Waals surface area (Å²) in [5.41, 5.74) is 11.3. The number of rotatable bonds is 6. The summed E-state index contributed by atoms with van der Waals surface area (Å²) < 4.78 is 23.6. The minimum absolute atomic E-state index is 0.290. The monoisotopic (exact) mass is 487 g/mol. The van der Waals surface area contributed by atoms with Crippen LogP contribution >= 0.6 is 0 Å². The number of aromatic amines is 2. The van der Waals surface area contributed by atoms with Gasteiger partial charge in [-0.1, -0.05) is 17.1 Å². The minimum atomic E-state index is -3.25. The number of anilines is 3. The number of nitrogens with two attached hydrogens (primary N) is 1. The van der Waals surface area contributed by atoms with Gasteiger partial charge < -0.3 is 11.1 Å². The molecule has 4 aromatic heterocycles. The second kappa shape index (κ2) is 8.76. The number of imidazole rings is 1. The van der Waals surface area contributed by atoms with Crippen molar-refractivity contribution in [2.45, 2.75) is 18.2 Å². The highest BCUT2D eigenvalue weighted by Gasteiger charge is 2.20. The molecule has 0 aliphatic carbocycles. The van der Waals surface area contributed by atoms with Crippen molar-refractivity contribution >= 4 is 38.3 Å². The van der Waals surface area contributed by atoms with E-state index in [1.807, 2.05) is 31.2 Å². The molecule has 0 aliphatic rings. The van der Waals surface area contributed by atoms with Gasteiger partial charge in [-0.25, -0.2) is 28.4 Å². The molecule has 11 heteroatoms. The highest BCUT2D eigenvalue weighted by atomic mass is 32.2. The number of hydrogen-bond donors (Lipinski definition) is 3. The van der Waals surface area contributed by atoms with Gasteiger partial charge in [0.05, 0.1) is 16.8 Å². The van der Waals surface area contributed by atoms with E-state index in [0.717, 1.165) is 27.9 Å². The van der Waals surface area contributed by atoms with Gasteiger partial charge in [0.25, 0.3) is 0 Å². The van der Waals surface area contributed by atoms with Crippen molar-refractivity contribution in [1.29, 1.82) is 0 Å². The highest BCUT2D eigenvalue weighted by Crippen LogP contribution is 2.32. The maximum Gasteiger partial charge on any atom is 0.303 e. The van der Waals surface area contributed by atoms with E-state index in [0.29, 0.717) is 40.1 Å². The van der Waals surface area contributed by atoms with Crippen molar-refractivity contribution < 1.29 is 13.4 Å². The number of nitrogen functional groups attached to an aromatic ring is 1. The topological polar surface area (TPSA) is 154 Å². The van der Waals surface area contributed by atoms with Crippen molar-refractivity contribution in [1.82, 2.24) is 24.9 Å². The molecule has 4 heterocycles. The van der Waals surface area contributed by atoms with E-state index in [1.54, 1.807) is 36.9 Å². The highest BCUT2D eigenvalue weighted by molar-refractivity contribution is 7.90. The first-order valence-corrected chi connectivity index (χ1v) is 12.7. The summed E-state index contributed by atoms with van der Waals surface area (Å²) in [5, 5.41) is 3.31. The maximum absolute atomic E-state index is 11.8. The second-order valence-corrected chi connectivity index (χ2v) is 10.2. The lowest BCUT2D eigenvalue weighted by atomic mass is 10.0. The summed E-state index contributed by atoms with van der Waals surface area (Å²) in [6.45, 7) is 1.83. The van der Waals surface area contributed by atoms with E-state index in [2.05, 4.69) is 25.3 Å². The molecule has 0 radical (unpaired) electrons. The lowest BCUT2D eigenvalue weighted by Gasteiger charge is -2.13. The van der Waals surface area contributed by atoms with Crippen LogP contribution in [0.3, 0.4) is 0 Å². The van der Waals surface area contributed by atoms with E-state index < -0.39 is 9.84 Å². The molecule has 5 aromatic rings. The fourth-order valence-electron chi connectivity index (χ4n) is 3.78. The summed E-state index contributed by atoms with van der Waals surface area (Å²) in [7, 11) is -3.25. The molecular weight excluding hydrogens is 464 g/mol. The summed E-state index contributed by atoms with van der Waals surface area (Å²) in [6.07, 6.45) is 6.90. The number of fused-ring (bicyclic) bond motifs is 1. The first-order valence-electron chi connectivity index (χ1n) is 10.8. The molecule has 1 aromatic carbocycles. The van der Waals surface area contributed by atoms with Crippen molar-refractivity contribution in [3.63, 3.8) is 0 Å². The van der Waals surface area contributed by atoms with Gasteiger partial charge in [-0.15, -0.1) is 0 Å². The van der Waals surface area contributed by atoms with E-state index in [4.69, 9.17) is 15.7 Å². The normalized spacial score (nSPS) is 11.6. The Morgan fingerprint density at radius 3 is 2.54 bits per heavy atom. The minimum Gasteiger partial charge on any atom is -0.384 e. The summed E-state index contributed by atoms with van der Waals surface area (Å²) in [5.74, 6) is 1.64. The molecule has 0 atom stereocenters. The summed E-state index contributed by atoms with van der Waals surface area (Å²) >= 11 is 0. The molecule has 0 fully saturated rings. The van der Waals surface area contributed by atoms with Crippen molar-refractivity contribution in [3.8, 4) is 11.3 Å². The Morgan fingerprint density at radius 2 is 1.83 bits per heavy atom. The molecule has 0 saturated heterocycles. The molecule has 10 nitrogen and oxygen atoms in total. The Bertz CT molecular complexity index is 1630. The van der Waals surface area contributed by atoms with Crippen molar-refractivity contribution in [3.05, 3.63) is 78.1 Å². The quantitative estimate of drug-likeness (QED) is 0.330. The average Bonchev–Trinajstić information content (AvgIpc) is 3.29. The van der Waals surface area contributed by atoms with E-state index >= 15 is 0 Å². The van der Waals surface area contributed by atoms with Gasteiger partial charge >= 0.3 is 5.65 Å². The summed E-state index contributed by atoms with van der Waals surface area (Å²) in [6, 6.07) is 12.4. The Kier molecular flexibility index (Phi) is 5.61. The fourth-order valence-corrected chi connectivity index (χ4v) is 4.41. The van der Waals surface area contributed by atoms with Crippen LogP contribution in [0.5, 0.6) is 0 Å². The second-order valence-electron chi connectivity index (χ2n) is 8.21. The van der Waals surface area contributed by atoms with E-state index in [9.17, 15) is 8.42 Å². The Balaban J connectivity index is 1.58. The number of sulfone groups is 1. The SMILES string of the molecule is Cc1nc(-c2cc(Cc3ccc(S(C)(=O)=O)cc3)cnc2Nc2ccc(N)nc2)c2[nH]c[nH+]c2n1. The predicted octanol–water partition coefficient (Wildman–Crippen LogP) is 2.86. The van der Waals surface area contributed by atoms with Crippen LogP contribution in [0.25, 0.3) is 22.4 Å². The molecule has 0 bridgehead atoms. The molecule has 0 aliphatic heterocycles. The molecule has 0 unspecified atom stereocenters. The largest absolute Gasteiger partial charge is 0.384 e. The third-order valence-corrected chi connectivity index (χ3v) is 6.58. The Morgan fingerprint density at radius 1 is 1.03 bits per heavy atom. The number of nitrogens with zero attached hydrogens (tertiary/aromatic N) is 4. The average molecular weight is 488 g/mol. The maximum atomic E-state index is 11.8. The smallest absolute Gasteiger partial charge is 0.303 e. The zero-order chi connectivity index (χ0) is 24.6. The number of H-pyrrole nitrogens is 2. The molecule has 35 heavy (non-hydrogen) atoms. The molecule has 0 saturated carbocycles. The number of aryl methyl sites for hydroxylation is 1. The standard InChI is InChI=1S/C24H22N8O2S/c1-14-30-21(22-24(31-14)29-13-28-22)19-10-16(9-15-3-6-18(7-4-15)35(2,33)34)11-27-23(19)32-17-5-8-20(25)26-12-17/h3-8,10-13H,9H2,1-2H3,(H2,25,26)(H,27,32)(H,28,29,30,31)/p+1. The van der Waals surface area contributed by atoms with Gasteiger partial charge in [0, 0.05) is 24.9 Å². The summed E-state index contributed by atoms with van der Waals surface area (Å²) in [4.78, 5) is 24.6. The van der Waals surface area contributed by atoms with E-state index in [1.165, 1.54) is 6.26 Å². The molecule has 0 spiro atoms. The van der Waals surface area contributed by atoms with Crippen LogP contribution in [0.15, 0.2) is 66.1 Å². The van der Waals surface area contributed by atoms with Gasteiger partial charge in [-0.2, -0.15) is 0 Å². The first kappa shape index (κ1) is 22.4. The van der Waals surface area contributed by atoms with Gasteiger partial charge in [0.1, 0.15) is 17.3 Å². The number of benzene rings is 1. The number of hydrogen-bond acceptors (Lipinski definition) is 8. The van der Waals surface area contributed by atoms with Gasteiger partial charge in [0.15, 0.2) is 21.7 Å². The van der Waals surface area contributed by atoms with Crippen molar-refractivity contribution in [2.24, 2.45) is 0 Å². The number of pyridine rings is 2. The predicted molar refractivity (Wildman–Crippen MR) is 133 cm³/mol. The van der Waals surface area contributed by atoms with Crippen LogP contribution in [-0.2, 0) is 16.3 Å². The number of aromatic nitrogens is 6. The Labute approximate surface area is 201 Å². The molecule has 0 amide bonds. The lowest BCUT2D eigenvalue weighted by molar-refractivity contribution is -0.347. The van der Waals surface area contributed by atoms with Crippen molar-refractivity contribution in [2.75, 3.05) is 17.3 Å². The molecule has 5 N–H and O–H groups in total. The zero-order valence-corrected chi connectivity index (χ0v) is 19.9. The molecule has 176 valence electrons. The van der Waals surface area contributed by atoms with Crippen LogP contribution in [0.1, 0.15) is 17.0 Å². The zero-order valence-electron chi connectivity index (χ0n) is 19.1. The first-order chi connectivity index (χ1) is 16.8. The lowest BCUT2D eigenvalue weighted by Crippen LogP contribution is -2.04. The molecular formula is C24H23N8O2S+. The molecule has 5 rings (SSSR count). The van der Waals surface area contributed by atoms with Crippen LogP contribution < -0.4 is 16.0 Å². The van der Waals surface area contributed by atoms with Crippen LogP contribution in [-0.4, -0.2) is 39.6 Å². The Hall–Kier alpha value is -4.38. The van der Waals surface area contributed by atoms with Crippen LogP contribution in [0.4, 0.5) is 17.3 Å².